The number of hydrogen-bond acceptors (Lipinski definition) is 2. The Balaban J connectivity index is 1.84. The summed E-state index contributed by atoms with van der Waals surface area (Å²) in [5.41, 5.74) is 2.67. The Hall–Kier alpha value is -2.82. The summed E-state index contributed by atoms with van der Waals surface area (Å²) >= 11 is 0. The fourth-order valence-corrected chi connectivity index (χ4v) is 3.38. The molecule has 1 heterocycles. The molecule has 0 aliphatic rings. The summed E-state index contributed by atoms with van der Waals surface area (Å²) in [5, 5.41) is 0. The average Bonchev–Trinajstić information content (AvgIpc) is 2.93. The molecule has 1 amide bonds. The summed E-state index contributed by atoms with van der Waals surface area (Å²) in [7, 11) is 0. The van der Waals surface area contributed by atoms with Gasteiger partial charge in [-0.15, -0.1) is 0 Å². The van der Waals surface area contributed by atoms with Crippen molar-refractivity contribution >= 4 is 22.6 Å². The van der Waals surface area contributed by atoms with Crippen molar-refractivity contribution in [3.8, 4) is 0 Å². The Morgan fingerprint density at radius 2 is 1.46 bits per heavy atom. The van der Waals surface area contributed by atoms with Gasteiger partial charge < -0.3 is 4.90 Å². The predicted octanol–water partition coefficient (Wildman–Crippen LogP) is 3.66. The second kappa shape index (κ2) is 8.04. The summed E-state index contributed by atoms with van der Waals surface area (Å²) < 4.78 is 3.52. The van der Waals surface area contributed by atoms with Crippen LogP contribution in [-0.4, -0.2) is 21.6 Å². The zero-order chi connectivity index (χ0) is 18.5. The third-order valence-electron chi connectivity index (χ3n) is 4.61. The number of carbonyl (C=O) groups excluding carboxylic acids is 1. The van der Waals surface area contributed by atoms with Crippen LogP contribution in [0.15, 0.2) is 59.4 Å². The Bertz CT molecular complexity index is 941. The quantitative estimate of drug-likeness (QED) is 0.652. The van der Waals surface area contributed by atoms with Crippen molar-refractivity contribution in [3.05, 3.63) is 65.1 Å². The number of imidazole rings is 1. The molecule has 0 radical (unpaired) electrons. The summed E-state index contributed by atoms with van der Waals surface area (Å²) in [5.74, 6) is 0.0259. The lowest BCUT2D eigenvalue weighted by atomic mass is 10.2. The van der Waals surface area contributed by atoms with Gasteiger partial charge in [-0.2, -0.15) is 0 Å². The zero-order valence-electron chi connectivity index (χ0n) is 15.4. The molecule has 26 heavy (non-hydrogen) atoms. The number of anilines is 1. The van der Waals surface area contributed by atoms with Gasteiger partial charge in [0.05, 0.1) is 11.0 Å². The highest BCUT2D eigenvalue weighted by Gasteiger charge is 2.17. The van der Waals surface area contributed by atoms with Crippen LogP contribution in [-0.2, 0) is 17.9 Å². The first-order chi connectivity index (χ1) is 12.7. The highest BCUT2D eigenvalue weighted by atomic mass is 16.2. The maximum Gasteiger partial charge on any atom is 0.329 e. The SMILES string of the molecule is CCCn1c(=O)n(CCC(=O)N(CC)c2ccccc2)c2ccccc21. The number of carbonyl (C=O) groups is 1. The maximum absolute atomic E-state index is 12.8. The number of para-hydroxylation sites is 3. The Kier molecular flexibility index (Phi) is 5.56. The Morgan fingerprint density at radius 3 is 2.04 bits per heavy atom. The lowest BCUT2D eigenvalue weighted by Crippen LogP contribution is -2.32. The number of hydrogen-bond donors (Lipinski definition) is 0. The van der Waals surface area contributed by atoms with Crippen molar-refractivity contribution in [1.29, 1.82) is 0 Å². The van der Waals surface area contributed by atoms with E-state index in [-0.39, 0.29) is 11.6 Å². The molecule has 5 heteroatoms. The lowest BCUT2D eigenvalue weighted by Gasteiger charge is -2.21. The van der Waals surface area contributed by atoms with Crippen molar-refractivity contribution in [2.45, 2.75) is 39.8 Å². The second-order valence-electron chi connectivity index (χ2n) is 6.30. The number of nitrogens with zero attached hydrogens (tertiary/aromatic N) is 3. The minimum Gasteiger partial charge on any atom is -0.313 e. The van der Waals surface area contributed by atoms with E-state index in [9.17, 15) is 9.59 Å². The molecular formula is C21H25N3O2. The molecule has 2 aromatic carbocycles. The molecule has 0 saturated heterocycles. The average molecular weight is 351 g/mol. The first-order valence-corrected chi connectivity index (χ1v) is 9.20. The zero-order valence-corrected chi connectivity index (χ0v) is 15.4. The van der Waals surface area contributed by atoms with Gasteiger partial charge in [0.15, 0.2) is 0 Å². The summed E-state index contributed by atoms with van der Waals surface area (Å²) in [6.45, 7) is 5.70. The number of benzene rings is 2. The van der Waals surface area contributed by atoms with Crippen molar-refractivity contribution in [1.82, 2.24) is 9.13 Å². The van der Waals surface area contributed by atoms with Crippen LogP contribution in [0.2, 0.25) is 0 Å². The van der Waals surface area contributed by atoms with E-state index in [0.29, 0.717) is 26.1 Å². The molecule has 136 valence electrons. The molecule has 0 aliphatic heterocycles. The molecular weight excluding hydrogens is 326 g/mol. The molecule has 0 fully saturated rings. The fraction of sp³-hybridized carbons (Fsp3) is 0.333. The van der Waals surface area contributed by atoms with Crippen LogP contribution in [0.25, 0.3) is 11.0 Å². The topological polar surface area (TPSA) is 47.2 Å². The van der Waals surface area contributed by atoms with Crippen molar-refractivity contribution in [2.24, 2.45) is 0 Å². The van der Waals surface area contributed by atoms with Crippen molar-refractivity contribution < 1.29 is 4.79 Å². The first kappa shape index (κ1) is 18.0. The molecule has 1 aromatic heterocycles. The Labute approximate surface area is 153 Å². The highest BCUT2D eigenvalue weighted by molar-refractivity contribution is 5.93. The molecule has 3 aromatic rings. The molecule has 0 aliphatic carbocycles. The number of amides is 1. The van der Waals surface area contributed by atoms with E-state index in [0.717, 1.165) is 23.1 Å². The van der Waals surface area contributed by atoms with Gasteiger partial charge in [0.1, 0.15) is 0 Å². The normalized spacial score (nSPS) is 11.0. The van der Waals surface area contributed by atoms with Gasteiger partial charge >= 0.3 is 5.69 Å². The van der Waals surface area contributed by atoms with Crippen LogP contribution >= 0.6 is 0 Å². The molecule has 5 nitrogen and oxygen atoms in total. The third-order valence-corrected chi connectivity index (χ3v) is 4.61. The van der Waals surface area contributed by atoms with E-state index in [2.05, 4.69) is 6.92 Å². The van der Waals surface area contributed by atoms with Crippen LogP contribution in [0.4, 0.5) is 5.69 Å². The summed E-state index contributed by atoms with van der Waals surface area (Å²) in [4.78, 5) is 27.3. The van der Waals surface area contributed by atoms with Gasteiger partial charge in [0.25, 0.3) is 0 Å². The lowest BCUT2D eigenvalue weighted by molar-refractivity contribution is -0.118. The van der Waals surface area contributed by atoms with E-state index in [4.69, 9.17) is 0 Å². The fourth-order valence-electron chi connectivity index (χ4n) is 3.38. The Morgan fingerprint density at radius 1 is 0.885 bits per heavy atom. The maximum atomic E-state index is 12.8. The molecule has 0 saturated carbocycles. The molecule has 0 atom stereocenters. The van der Waals surface area contributed by atoms with Gasteiger partial charge in [0.2, 0.25) is 5.91 Å². The third kappa shape index (κ3) is 3.43. The largest absolute Gasteiger partial charge is 0.329 e. The van der Waals surface area contributed by atoms with E-state index < -0.39 is 0 Å². The van der Waals surface area contributed by atoms with E-state index in [1.165, 1.54) is 0 Å². The molecule has 0 unspecified atom stereocenters. The summed E-state index contributed by atoms with van der Waals surface area (Å²) in [6, 6.07) is 17.4. The minimum atomic E-state index is -0.0383. The monoisotopic (exact) mass is 351 g/mol. The van der Waals surface area contributed by atoms with Gasteiger partial charge in [-0.1, -0.05) is 37.3 Å². The molecule has 0 N–H and O–H groups in total. The molecule has 3 rings (SSSR count). The van der Waals surface area contributed by atoms with Crippen LogP contribution in [0.3, 0.4) is 0 Å². The van der Waals surface area contributed by atoms with Gasteiger partial charge in [-0.3, -0.25) is 13.9 Å². The van der Waals surface area contributed by atoms with Gasteiger partial charge in [0, 0.05) is 31.7 Å². The van der Waals surface area contributed by atoms with Crippen LogP contribution in [0.5, 0.6) is 0 Å². The minimum absolute atomic E-state index is 0.0259. The van der Waals surface area contributed by atoms with Gasteiger partial charge in [-0.05, 0) is 37.6 Å². The van der Waals surface area contributed by atoms with E-state index >= 15 is 0 Å². The van der Waals surface area contributed by atoms with Crippen LogP contribution in [0, 0.1) is 0 Å². The first-order valence-electron chi connectivity index (χ1n) is 9.20. The number of fused-ring (bicyclic) bond motifs is 1. The van der Waals surface area contributed by atoms with Crippen molar-refractivity contribution in [2.75, 3.05) is 11.4 Å². The number of aromatic nitrogens is 2. The van der Waals surface area contributed by atoms with E-state index in [1.807, 2.05) is 61.5 Å². The summed E-state index contributed by atoms with van der Waals surface area (Å²) in [6.07, 6.45) is 1.19. The smallest absolute Gasteiger partial charge is 0.313 e. The second-order valence-corrected chi connectivity index (χ2v) is 6.30. The predicted molar refractivity (Wildman–Crippen MR) is 106 cm³/mol. The standard InChI is InChI=1S/C21H25N3O2/c1-3-15-23-18-12-8-9-13-19(18)24(21(23)26)16-14-20(25)22(4-2)17-10-6-5-7-11-17/h5-13H,3-4,14-16H2,1-2H3. The number of aryl methyl sites for hydroxylation is 2. The van der Waals surface area contributed by atoms with E-state index in [1.54, 1.807) is 14.0 Å². The van der Waals surface area contributed by atoms with Crippen molar-refractivity contribution in [3.63, 3.8) is 0 Å². The highest BCUT2D eigenvalue weighted by Crippen LogP contribution is 2.16. The van der Waals surface area contributed by atoms with Crippen LogP contribution in [0.1, 0.15) is 26.7 Å². The van der Waals surface area contributed by atoms with Gasteiger partial charge in [-0.25, -0.2) is 4.79 Å². The molecule has 0 bridgehead atoms. The number of rotatable bonds is 7. The molecule has 0 spiro atoms. The van der Waals surface area contributed by atoms with Crippen LogP contribution < -0.4 is 10.6 Å².